The number of aryl methyl sites for hydroxylation is 1. The molecular weight excluding hydrogens is 352 g/mol. The van der Waals surface area contributed by atoms with E-state index in [0.29, 0.717) is 5.92 Å². The molecule has 1 saturated carbocycles. The maximum Gasteiger partial charge on any atom is 0.267 e. The highest BCUT2D eigenvalue weighted by Gasteiger charge is 2.44. The van der Waals surface area contributed by atoms with Gasteiger partial charge in [-0.25, -0.2) is 12.7 Å². The highest BCUT2D eigenvalue weighted by atomic mass is 32.2. The third-order valence-electron chi connectivity index (χ3n) is 5.40. The van der Waals surface area contributed by atoms with Crippen LogP contribution >= 0.6 is 0 Å². The first-order chi connectivity index (χ1) is 12.3. The van der Waals surface area contributed by atoms with E-state index in [2.05, 4.69) is 12.2 Å². The van der Waals surface area contributed by atoms with E-state index in [0.717, 1.165) is 35.6 Å². The predicted molar refractivity (Wildman–Crippen MR) is 97.8 cm³/mol. The van der Waals surface area contributed by atoms with Crippen LogP contribution in [-0.4, -0.2) is 36.6 Å². The van der Waals surface area contributed by atoms with Crippen molar-refractivity contribution < 1.29 is 18.0 Å². The number of carbonyl (C=O) groups excluding carboxylic acids is 2. The van der Waals surface area contributed by atoms with E-state index in [1.165, 1.54) is 12.1 Å². The fourth-order valence-electron chi connectivity index (χ4n) is 3.73. The third-order valence-corrected chi connectivity index (χ3v) is 7.25. The van der Waals surface area contributed by atoms with Crippen LogP contribution in [0.5, 0.6) is 0 Å². The van der Waals surface area contributed by atoms with Gasteiger partial charge in [-0.3, -0.25) is 9.59 Å². The first kappa shape index (κ1) is 18.9. The number of nitrogens with one attached hydrogen (secondary N) is 1. The second-order valence-corrected chi connectivity index (χ2v) is 9.34. The number of sulfonamides is 1. The fourth-order valence-corrected chi connectivity index (χ4v) is 5.33. The van der Waals surface area contributed by atoms with E-state index in [1.807, 2.05) is 6.92 Å². The Labute approximate surface area is 155 Å². The van der Waals surface area contributed by atoms with E-state index in [1.54, 1.807) is 12.1 Å². The summed E-state index contributed by atoms with van der Waals surface area (Å²) in [5.74, 6) is -0.205. The van der Waals surface area contributed by atoms with E-state index in [9.17, 15) is 18.0 Å². The molecular formula is C19H26N2O4S. The minimum atomic E-state index is -4.03. The molecule has 6 nitrogen and oxygen atoms in total. The Morgan fingerprint density at radius 1 is 1.08 bits per heavy atom. The van der Waals surface area contributed by atoms with Gasteiger partial charge in [-0.2, -0.15) is 0 Å². The van der Waals surface area contributed by atoms with Gasteiger partial charge in [-0.15, -0.1) is 0 Å². The van der Waals surface area contributed by atoms with Gasteiger partial charge in [-0.05, 0) is 57.1 Å². The molecule has 0 aromatic heterocycles. The zero-order valence-corrected chi connectivity index (χ0v) is 16.1. The minimum absolute atomic E-state index is 0.0441. The van der Waals surface area contributed by atoms with E-state index in [4.69, 9.17) is 0 Å². The molecule has 2 amide bonds. The van der Waals surface area contributed by atoms with Gasteiger partial charge in [0.15, 0.2) is 0 Å². The normalized spacial score (nSPS) is 26.8. The lowest BCUT2D eigenvalue weighted by Gasteiger charge is -2.30. The molecule has 1 aromatic rings. The molecule has 1 saturated heterocycles. The Balaban J connectivity index is 1.77. The zero-order valence-electron chi connectivity index (χ0n) is 15.3. The second-order valence-electron chi connectivity index (χ2n) is 7.53. The summed E-state index contributed by atoms with van der Waals surface area (Å²) >= 11 is 0. The molecule has 0 radical (unpaired) electrons. The number of hydrogen-bond donors (Lipinski definition) is 1. The SMILES string of the molecule is Cc1ccc(S(=O)(=O)N2C(=O)CC[C@H]2C(=O)NC2CCC(C)CC2)cc1. The van der Waals surface area contributed by atoms with Crippen molar-refractivity contribution in [3.8, 4) is 0 Å². The molecule has 1 aromatic carbocycles. The van der Waals surface area contributed by atoms with Crippen molar-refractivity contribution in [3.63, 3.8) is 0 Å². The quantitative estimate of drug-likeness (QED) is 0.872. The van der Waals surface area contributed by atoms with E-state index < -0.39 is 22.0 Å². The van der Waals surface area contributed by atoms with Crippen molar-refractivity contribution >= 4 is 21.8 Å². The lowest BCUT2D eigenvalue weighted by molar-refractivity contribution is -0.131. The molecule has 0 bridgehead atoms. The van der Waals surface area contributed by atoms with Crippen LogP contribution < -0.4 is 5.32 Å². The fraction of sp³-hybridized carbons (Fsp3) is 0.579. The van der Waals surface area contributed by atoms with Gasteiger partial charge in [0.05, 0.1) is 4.90 Å². The van der Waals surface area contributed by atoms with Crippen LogP contribution in [-0.2, 0) is 19.6 Å². The Bertz CT molecular complexity index is 780. The largest absolute Gasteiger partial charge is 0.352 e. The Hall–Kier alpha value is -1.89. The van der Waals surface area contributed by atoms with Crippen LogP contribution in [0.25, 0.3) is 0 Å². The van der Waals surface area contributed by atoms with E-state index >= 15 is 0 Å². The Kier molecular flexibility index (Phi) is 5.37. The highest BCUT2D eigenvalue weighted by Crippen LogP contribution is 2.29. The summed E-state index contributed by atoms with van der Waals surface area (Å²) in [6.07, 6.45) is 4.22. The lowest BCUT2D eigenvalue weighted by atomic mass is 9.87. The van der Waals surface area contributed by atoms with Gasteiger partial charge in [0, 0.05) is 12.5 Å². The smallest absolute Gasteiger partial charge is 0.267 e. The molecule has 1 heterocycles. The first-order valence-corrected chi connectivity index (χ1v) is 10.7. The minimum Gasteiger partial charge on any atom is -0.352 e. The summed E-state index contributed by atoms with van der Waals surface area (Å²) in [6.45, 7) is 4.06. The Morgan fingerprint density at radius 2 is 1.69 bits per heavy atom. The molecule has 1 aliphatic heterocycles. The molecule has 3 rings (SSSR count). The van der Waals surface area contributed by atoms with Gasteiger partial charge >= 0.3 is 0 Å². The molecule has 142 valence electrons. The number of hydrogen-bond acceptors (Lipinski definition) is 4. The molecule has 1 N–H and O–H groups in total. The zero-order chi connectivity index (χ0) is 18.9. The van der Waals surface area contributed by atoms with Crippen molar-refractivity contribution in [1.29, 1.82) is 0 Å². The number of benzene rings is 1. The van der Waals surface area contributed by atoms with Crippen molar-refractivity contribution in [3.05, 3.63) is 29.8 Å². The molecule has 2 fully saturated rings. The number of amides is 2. The van der Waals surface area contributed by atoms with Crippen molar-refractivity contribution in [2.75, 3.05) is 0 Å². The lowest BCUT2D eigenvalue weighted by Crippen LogP contribution is -2.50. The molecule has 0 spiro atoms. The van der Waals surface area contributed by atoms with Gasteiger partial charge in [0.25, 0.3) is 10.0 Å². The van der Waals surface area contributed by atoms with Gasteiger partial charge in [0.1, 0.15) is 6.04 Å². The van der Waals surface area contributed by atoms with Crippen LogP contribution in [0.3, 0.4) is 0 Å². The summed E-state index contributed by atoms with van der Waals surface area (Å²) in [4.78, 5) is 25.0. The molecule has 1 atom stereocenters. The van der Waals surface area contributed by atoms with Crippen molar-refractivity contribution in [1.82, 2.24) is 9.62 Å². The molecule has 2 aliphatic rings. The standard InChI is InChI=1S/C19H26N2O4S/c1-13-3-7-15(8-4-13)20-19(23)17-11-12-18(22)21(17)26(24,25)16-9-5-14(2)6-10-16/h5-6,9-10,13,15,17H,3-4,7-8,11-12H2,1-2H3,(H,20,23)/t13?,15?,17-/m0/s1. The summed E-state index contributed by atoms with van der Waals surface area (Å²) in [7, 11) is -4.03. The van der Waals surface area contributed by atoms with Crippen LogP contribution in [0.4, 0.5) is 0 Å². The number of rotatable bonds is 4. The third kappa shape index (κ3) is 3.77. The molecule has 26 heavy (non-hydrogen) atoms. The maximum absolute atomic E-state index is 12.9. The first-order valence-electron chi connectivity index (χ1n) is 9.23. The van der Waals surface area contributed by atoms with Crippen molar-refractivity contribution in [2.45, 2.75) is 69.4 Å². The summed E-state index contributed by atoms with van der Waals surface area (Å²) < 4.78 is 26.7. The topological polar surface area (TPSA) is 83.6 Å². The molecule has 0 unspecified atom stereocenters. The summed E-state index contributed by atoms with van der Waals surface area (Å²) in [6, 6.07) is 5.45. The van der Waals surface area contributed by atoms with Gasteiger partial charge in [0.2, 0.25) is 11.8 Å². The van der Waals surface area contributed by atoms with Crippen LogP contribution in [0.15, 0.2) is 29.2 Å². The maximum atomic E-state index is 12.9. The second kappa shape index (κ2) is 7.39. The van der Waals surface area contributed by atoms with Gasteiger partial charge in [-0.1, -0.05) is 24.6 Å². The average molecular weight is 378 g/mol. The Morgan fingerprint density at radius 3 is 2.31 bits per heavy atom. The summed E-state index contributed by atoms with van der Waals surface area (Å²) in [5, 5.41) is 2.97. The van der Waals surface area contributed by atoms with Gasteiger partial charge < -0.3 is 5.32 Å². The molecule has 1 aliphatic carbocycles. The predicted octanol–water partition coefficient (Wildman–Crippen LogP) is 2.37. The number of nitrogens with zero attached hydrogens (tertiary/aromatic N) is 1. The van der Waals surface area contributed by atoms with Crippen LogP contribution in [0.1, 0.15) is 51.0 Å². The van der Waals surface area contributed by atoms with Crippen LogP contribution in [0, 0.1) is 12.8 Å². The van der Waals surface area contributed by atoms with E-state index in [-0.39, 0.29) is 29.7 Å². The summed E-state index contributed by atoms with van der Waals surface area (Å²) in [5.41, 5.74) is 0.928. The monoisotopic (exact) mass is 378 g/mol. The van der Waals surface area contributed by atoms with Crippen molar-refractivity contribution in [2.24, 2.45) is 5.92 Å². The number of carbonyl (C=O) groups is 2. The van der Waals surface area contributed by atoms with Crippen LogP contribution in [0.2, 0.25) is 0 Å². The molecule has 7 heteroatoms. The average Bonchev–Trinajstić information content (AvgIpc) is 3.00. The highest BCUT2D eigenvalue weighted by molar-refractivity contribution is 7.89.